The van der Waals surface area contributed by atoms with Crippen molar-refractivity contribution in [2.24, 2.45) is 0 Å². The Hall–Kier alpha value is -3.41. The summed E-state index contributed by atoms with van der Waals surface area (Å²) in [5.41, 5.74) is 5.25. The van der Waals surface area contributed by atoms with Gasteiger partial charge in [-0.25, -0.2) is 4.68 Å². The van der Waals surface area contributed by atoms with Crippen LogP contribution in [-0.2, 0) is 11.2 Å². The number of aromatic nitrogens is 2. The van der Waals surface area contributed by atoms with Gasteiger partial charge in [0, 0.05) is 31.8 Å². The Bertz CT molecular complexity index is 1010. The number of rotatable bonds is 7. The molecule has 0 saturated heterocycles. The smallest absolute Gasteiger partial charge is 0.255 e. The summed E-state index contributed by atoms with van der Waals surface area (Å²) in [6.07, 6.45) is 2.72. The first-order valence-electron chi connectivity index (χ1n) is 9.77. The van der Waals surface area contributed by atoms with Gasteiger partial charge in [-0.2, -0.15) is 5.10 Å². The third-order valence-electron chi connectivity index (χ3n) is 4.74. The van der Waals surface area contributed by atoms with E-state index in [9.17, 15) is 9.59 Å². The van der Waals surface area contributed by atoms with Crippen LogP contribution in [-0.4, -0.2) is 34.7 Å². The Labute approximate surface area is 170 Å². The summed E-state index contributed by atoms with van der Waals surface area (Å²) in [6.45, 7) is 6.30. The first-order valence-corrected chi connectivity index (χ1v) is 9.77. The molecule has 29 heavy (non-hydrogen) atoms. The van der Waals surface area contributed by atoms with E-state index in [2.05, 4.69) is 29.7 Å². The van der Waals surface area contributed by atoms with E-state index in [-0.39, 0.29) is 11.8 Å². The molecule has 2 aromatic carbocycles. The summed E-state index contributed by atoms with van der Waals surface area (Å²) in [6, 6.07) is 16.0. The summed E-state index contributed by atoms with van der Waals surface area (Å²) >= 11 is 0. The van der Waals surface area contributed by atoms with Crippen LogP contribution in [0.15, 0.2) is 54.7 Å². The van der Waals surface area contributed by atoms with E-state index in [1.165, 1.54) is 12.5 Å². The van der Waals surface area contributed by atoms with Crippen molar-refractivity contribution < 1.29 is 9.59 Å². The third kappa shape index (κ3) is 4.90. The zero-order chi connectivity index (χ0) is 20.8. The SMILES string of the molecule is CCc1ccc(-c2nn(-c3ccccc3C)cc2C(=O)NCCNC(C)=O)cc1. The van der Waals surface area contributed by atoms with Gasteiger partial charge in [0.25, 0.3) is 5.91 Å². The molecule has 6 nitrogen and oxygen atoms in total. The molecule has 2 amide bonds. The lowest BCUT2D eigenvalue weighted by molar-refractivity contribution is -0.118. The van der Waals surface area contributed by atoms with Crippen LogP contribution < -0.4 is 10.6 Å². The van der Waals surface area contributed by atoms with E-state index in [0.717, 1.165) is 23.2 Å². The Morgan fingerprint density at radius 3 is 2.34 bits per heavy atom. The maximum Gasteiger partial charge on any atom is 0.255 e. The molecule has 150 valence electrons. The fraction of sp³-hybridized carbons (Fsp3) is 0.261. The van der Waals surface area contributed by atoms with Crippen molar-refractivity contribution >= 4 is 11.8 Å². The minimum Gasteiger partial charge on any atom is -0.355 e. The molecule has 0 aliphatic rings. The number of amides is 2. The summed E-state index contributed by atoms with van der Waals surface area (Å²) in [7, 11) is 0. The molecular formula is C23H26N4O2. The minimum absolute atomic E-state index is 0.122. The molecule has 0 unspecified atom stereocenters. The first-order chi connectivity index (χ1) is 14.0. The highest BCUT2D eigenvalue weighted by Crippen LogP contribution is 2.25. The van der Waals surface area contributed by atoms with Crippen LogP contribution in [0.1, 0.15) is 35.3 Å². The second kappa shape index (κ2) is 9.19. The van der Waals surface area contributed by atoms with Crippen molar-refractivity contribution in [1.82, 2.24) is 20.4 Å². The number of benzene rings is 2. The highest BCUT2D eigenvalue weighted by atomic mass is 16.2. The Morgan fingerprint density at radius 2 is 1.69 bits per heavy atom. The predicted octanol–water partition coefficient (Wildman–Crippen LogP) is 3.28. The maximum atomic E-state index is 12.9. The van der Waals surface area contributed by atoms with E-state index in [1.54, 1.807) is 10.9 Å². The van der Waals surface area contributed by atoms with Crippen LogP contribution in [0.4, 0.5) is 0 Å². The average molecular weight is 390 g/mol. The molecule has 0 radical (unpaired) electrons. The molecule has 2 N–H and O–H groups in total. The highest BCUT2D eigenvalue weighted by Gasteiger charge is 2.19. The number of carbonyl (C=O) groups is 2. The summed E-state index contributed by atoms with van der Waals surface area (Å²) in [4.78, 5) is 23.9. The fourth-order valence-corrected chi connectivity index (χ4v) is 3.11. The predicted molar refractivity (Wildman–Crippen MR) is 114 cm³/mol. The van der Waals surface area contributed by atoms with Gasteiger partial charge in [0.05, 0.1) is 11.3 Å². The van der Waals surface area contributed by atoms with Gasteiger partial charge < -0.3 is 10.6 Å². The number of nitrogens with zero attached hydrogens (tertiary/aromatic N) is 2. The van der Waals surface area contributed by atoms with Gasteiger partial charge in [-0.3, -0.25) is 9.59 Å². The topological polar surface area (TPSA) is 76.0 Å². The fourth-order valence-electron chi connectivity index (χ4n) is 3.11. The lowest BCUT2D eigenvalue weighted by atomic mass is 10.0. The standard InChI is InChI=1S/C23H26N4O2/c1-4-18-9-11-19(12-10-18)22-20(23(29)25-14-13-24-17(3)28)15-27(26-22)21-8-6-5-7-16(21)2/h5-12,15H,4,13-14H2,1-3H3,(H,24,28)(H,25,29). The van der Waals surface area contributed by atoms with Crippen molar-refractivity contribution in [3.8, 4) is 16.9 Å². The van der Waals surface area contributed by atoms with Crippen LogP contribution in [0.5, 0.6) is 0 Å². The number of aryl methyl sites for hydroxylation is 2. The molecule has 0 atom stereocenters. The number of nitrogens with one attached hydrogen (secondary N) is 2. The molecule has 0 fully saturated rings. The zero-order valence-electron chi connectivity index (χ0n) is 17.0. The van der Waals surface area contributed by atoms with Gasteiger partial charge in [-0.1, -0.05) is 49.4 Å². The molecule has 0 aliphatic heterocycles. The van der Waals surface area contributed by atoms with Gasteiger partial charge in [0.2, 0.25) is 5.91 Å². The second-order valence-electron chi connectivity index (χ2n) is 6.91. The minimum atomic E-state index is -0.218. The van der Waals surface area contributed by atoms with Crippen LogP contribution in [0, 0.1) is 6.92 Å². The van der Waals surface area contributed by atoms with Gasteiger partial charge in [-0.15, -0.1) is 0 Å². The van der Waals surface area contributed by atoms with Crippen molar-refractivity contribution in [2.45, 2.75) is 27.2 Å². The zero-order valence-corrected chi connectivity index (χ0v) is 17.0. The van der Waals surface area contributed by atoms with Crippen molar-refractivity contribution in [2.75, 3.05) is 13.1 Å². The maximum absolute atomic E-state index is 12.9. The molecule has 1 aromatic heterocycles. The van der Waals surface area contributed by atoms with Gasteiger partial charge in [0.1, 0.15) is 5.69 Å². The Balaban J connectivity index is 1.94. The van der Waals surface area contributed by atoms with E-state index in [4.69, 9.17) is 5.10 Å². The highest BCUT2D eigenvalue weighted by molar-refractivity contribution is 6.00. The van der Waals surface area contributed by atoms with E-state index in [0.29, 0.717) is 24.3 Å². The lowest BCUT2D eigenvalue weighted by Gasteiger charge is -2.06. The van der Waals surface area contributed by atoms with Crippen LogP contribution in [0.25, 0.3) is 16.9 Å². The number of carbonyl (C=O) groups excluding carboxylic acids is 2. The summed E-state index contributed by atoms with van der Waals surface area (Å²) < 4.78 is 1.75. The van der Waals surface area contributed by atoms with Gasteiger partial charge >= 0.3 is 0 Å². The van der Waals surface area contributed by atoms with Crippen LogP contribution in [0.3, 0.4) is 0 Å². The molecule has 0 aliphatic carbocycles. The molecule has 0 spiro atoms. The molecule has 1 heterocycles. The molecule has 6 heteroatoms. The largest absolute Gasteiger partial charge is 0.355 e. The molecule has 0 bridgehead atoms. The van der Waals surface area contributed by atoms with Crippen LogP contribution in [0.2, 0.25) is 0 Å². The van der Waals surface area contributed by atoms with E-state index >= 15 is 0 Å². The third-order valence-corrected chi connectivity index (χ3v) is 4.74. The Morgan fingerprint density at radius 1 is 1.00 bits per heavy atom. The lowest BCUT2D eigenvalue weighted by Crippen LogP contribution is -2.33. The normalized spacial score (nSPS) is 10.6. The Kier molecular flexibility index (Phi) is 6.44. The van der Waals surface area contributed by atoms with Crippen molar-refractivity contribution in [3.63, 3.8) is 0 Å². The first kappa shape index (κ1) is 20.3. The van der Waals surface area contributed by atoms with Crippen LogP contribution >= 0.6 is 0 Å². The quantitative estimate of drug-likeness (QED) is 0.608. The molecule has 3 aromatic rings. The van der Waals surface area contributed by atoms with E-state index in [1.807, 2.05) is 43.3 Å². The molecule has 3 rings (SSSR count). The van der Waals surface area contributed by atoms with Crippen molar-refractivity contribution in [1.29, 1.82) is 0 Å². The van der Waals surface area contributed by atoms with Gasteiger partial charge in [0.15, 0.2) is 0 Å². The summed E-state index contributed by atoms with van der Waals surface area (Å²) in [5.74, 6) is -0.340. The number of hydrogen-bond acceptors (Lipinski definition) is 3. The van der Waals surface area contributed by atoms with E-state index < -0.39 is 0 Å². The monoisotopic (exact) mass is 390 g/mol. The van der Waals surface area contributed by atoms with Gasteiger partial charge in [-0.05, 0) is 30.5 Å². The second-order valence-corrected chi connectivity index (χ2v) is 6.91. The molecule has 0 saturated carbocycles. The van der Waals surface area contributed by atoms with Crippen molar-refractivity contribution in [3.05, 3.63) is 71.4 Å². The number of para-hydroxylation sites is 1. The average Bonchev–Trinajstić information content (AvgIpc) is 3.16. The molecular weight excluding hydrogens is 364 g/mol. The number of hydrogen-bond donors (Lipinski definition) is 2. The summed E-state index contributed by atoms with van der Waals surface area (Å²) in [5, 5.41) is 10.3.